The van der Waals surface area contributed by atoms with Crippen LogP contribution in [0.2, 0.25) is 0 Å². The van der Waals surface area contributed by atoms with Gasteiger partial charge in [0.1, 0.15) is 12.4 Å². The fraction of sp³-hybridized carbons (Fsp3) is 0.250. The molecule has 3 rings (SSSR count). The molecule has 21 heavy (non-hydrogen) atoms. The number of nitro benzene ring substituents is 1. The van der Waals surface area contributed by atoms with E-state index >= 15 is 0 Å². The first-order valence-electron chi connectivity index (χ1n) is 6.96. The highest BCUT2D eigenvalue weighted by atomic mass is 16.6. The van der Waals surface area contributed by atoms with Gasteiger partial charge in [-0.25, -0.2) is 0 Å². The maximum atomic E-state index is 11.0. The van der Waals surface area contributed by atoms with Crippen LogP contribution in [0, 0.1) is 10.1 Å². The van der Waals surface area contributed by atoms with Crippen molar-refractivity contribution in [1.29, 1.82) is 0 Å². The summed E-state index contributed by atoms with van der Waals surface area (Å²) in [7, 11) is 0. The van der Waals surface area contributed by atoms with E-state index in [1.807, 2.05) is 12.1 Å². The van der Waals surface area contributed by atoms with Gasteiger partial charge in [0.05, 0.1) is 16.2 Å². The molecule has 0 atom stereocenters. The van der Waals surface area contributed by atoms with Crippen LogP contribution >= 0.6 is 0 Å². The van der Waals surface area contributed by atoms with E-state index in [-0.39, 0.29) is 17.2 Å². The molecule has 0 aromatic heterocycles. The molecule has 0 bridgehead atoms. The molecule has 5 nitrogen and oxygen atoms in total. The molecule has 0 amide bonds. The summed E-state index contributed by atoms with van der Waals surface area (Å²) in [5.74, 6) is 0.755. The van der Waals surface area contributed by atoms with Gasteiger partial charge in [-0.2, -0.15) is 0 Å². The molecule has 2 aromatic rings. The molecule has 108 valence electrons. The number of para-hydroxylation sites is 2. The van der Waals surface area contributed by atoms with Gasteiger partial charge < -0.3 is 10.1 Å². The van der Waals surface area contributed by atoms with Crippen molar-refractivity contribution in [2.45, 2.75) is 19.4 Å². The molecule has 5 heteroatoms. The predicted molar refractivity (Wildman–Crippen MR) is 80.7 cm³/mol. The van der Waals surface area contributed by atoms with Crippen molar-refractivity contribution >= 4 is 11.4 Å². The Kier molecular flexibility index (Phi) is 3.73. The molecule has 0 saturated carbocycles. The van der Waals surface area contributed by atoms with Crippen LogP contribution < -0.4 is 10.1 Å². The zero-order chi connectivity index (χ0) is 14.7. The van der Waals surface area contributed by atoms with Crippen molar-refractivity contribution in [2.24, 2.45) is 0 Å². The molecular formula is C16H16N2O3. The van der Waals surface area contributed by atoms with Gasteiger partial charge in [0.25, 0.3) is 5.69 Å². The maximum Gasteiger partial charge on any atom is 0.276 e. The van der Waals surface area contributed by atoms with E-state index in [1.165, 1.54) is 11.6 Å². The van der Waals surface area contributed by atoms with E-state index in [4.69, 9.17) is 4.74 Å². The average molecular weight is 284 g/mol. The molecule has 1 heterocycles. The molecule has 0 spiro atoms. The van der Waals surface area contributed by atoms with Crippen LogP contribution in [0.25, 0.3) is 0 Å². The summed E-state index contributed by atoms with van der Waals surface area (Å²) < 4.78 is 5.81. The Morgan fingerprint density at radius 1 is 1.19 bits per heavy atom. The van der Waals surface area contributed by atoms with Gasteiger partial charge >= 0.3 is 0 Å². The summed E-state index contributed by atoms with van der Waals surface area (Å²) in [5, 5.41) is 14.3. The summed E-state index contributed by atoms with van der Waals surface area (Å²) in [6.07, 6.45) is 2.14. The Morgan fingerprint density at radius 2 is 2.05 bits per heavy atom. The first-order valence-corrected chi connectivity index (χ1v) is 6.96. The minimum atomic E-state index is -0.378. The highest BCUT2D eigenvalue weighted by Gasteiger charge is 2.16. The van der Waals surface area contributed by atoms with Crippen molar-refractivity contribution < 1.29 is 9.66 Å². The van der Waals surface area contributed by atoms with Gasteiger partial charge in [-0.1, -0.05) is 24.3 Å². The summed E-state index contributed by atoms with van der Waals surface area (Å²) >= 11 is 0. The number of nitrogens with zero attached hydrogens (tertiary/aromatic N) is 1. The minimum Gasteiger partial charge on any atom is -0.486 e. The second-order valence-electron chi connectivity index (χ2n) is 5.00. The molecule has 1 aliphatic heterocycles. The van der Waals surface area contributed by atoms with Gasteiger partial charge in [0.2, 0.25) is 0 Å². The van der Waals surface area contributed by atoms with Gasteiger partial charge in [-0.05, 0) is 30.5 Å². The van der Waals surface area contributed by atoms with Crippen LogP contribution in [0.4, 0.5) is 11.4 Å². The Labute approximate surface area is 122 Å². The SMILES string of the molecule is O=[N+]([O-])c1ccccc1COc1cccc2c1NCCC2. The molecule has 0 fully saturated rings. The normalized spacial score (nSPS) is 13.1. The molecule has 0 saturated heterocycles. The molecule has 1 aliphatic rings. The molecule has 0 aliphatic carbocycles. The van der Waals surface area contributed by atoms with E-state index < -0.39 is 0 Å². The molecular weight excluding hydrogens is 268 g/mol. The molecule has 2 aromatic carbocycles. The van der Waals surface area contributed by atoms with Crippen molar-refractivity contribution in [2.75, 3.05) is 11.9 Å². The smallest absolute Gasteiger partial charge is 0.276 e. The summed E-state index contributed by atoms with van der Waals surface area (Å²) in [4.78, 5) is 10.6. The second kappa shape index (κ2) is 5.83. The summed E-state index contributed by atoms with van der Waals surface area (Å²) in [5.41, 5.74) is 2.93. The predicted octanol–water partition coefficient (Wildman–Crippen LogP) is 3.53. The van der Waals surface area contributed by atoms with Crippen molar-refractivity contribution in [3.05, 3.63) is 63.7 Å². The van der Waals surface area contributed by atoms with E-state index in [0.717, 1.165) is 30.8 Å². The summed E-state index contributed by atoms with van der Waals surface area (Å²) in [6.45, 7) is 1.12. The number of hydrogen-bond donors (Lipinski definition) is 1. The van der Waals surface area contributed by atoms with Gasteiger partial charge in [-0.15, -0.1) is 0 Å². The van der Waals surface area contributed by atoms with Gasteiger partial charge in [-0.3, -0.25) is 10.1 Å². The van der Waals surface area contributed by atoms with Crippen molar-refractivity contribution in [1.82, 2.24) is 0 Å². The lowest BCUT2D eigenvalue weighted by molar-refractivity contribution is -0.385. The second-order valence-corrected chi connectivity index (χ2v) is 5.00. The van der Waals surface area contributed by atoms with Crippen molar-refractivity contribution in [3.63, 3.8) is 0 Å². The van der Waals surface area contributed by atoms with Crippen LogP contribution in [0.3, 0.4) is 0 Å². The van der Waals surface area contributed by atoms with Crippen molar-refractivity contribution in [3.8, 4) is 5.75 Å². The standard InChI is InChI=1S/C16H16N2O3/c19-18(20)14-8-2-1-5-13(14)11-21-15-9-3-6-12-7-4-10-17-16(12)15/h1-3,5-6,8-9,17H,4,7,10-11H2. The number of nitrogens with one attached hydrogen (secondary N) is 1. The third kappa shape index (κ3) is 2.81. The number of hydrogen-bond acceptors (Lipinski definition) is 4. The zero-order valence-corrected chi connectivity index (χ0v) is 11.5. The Hall–Kier alpha value is -2.56. The van der Waals surface area contributed by atoms with E-state index in [2.05, 4.69) is 11.4 Å². The fourth-order valence-electron chi connectivity index (χ4n) is 2.56. The lowest BCUT2D eigenvalue weighted by Gasteiger charge is -2.21. The Morgan fingerprint density at radius 3 is 2.90 bits per heavy atom. The van der Waals surface area contributed by atoms with E-state index in [1.54, 1.807) is 18.2 Å². The maximum absolute atomic E-state index is 11.0. The van der Waals surface area contributed by atoms with Crippen LogP contribution in [0.5, 0.6) is 5.75 Å². The molecule has 1 N–H and O–H groups in total. The van der Waals surface area contributed by atoms with E-state index in [0.29, 0.717) is 5.56 Å². The van der Waals surface area contributed by atoms with Crippen LogP contribution in [-0.4, -0.2) is 11.5 Å². The number of fused-ring (bicyclic) bond motifs is 1. The third-order valence-corrected chi connectivity index (χ3v) is 3.61. The molecule has 0 unspecified atom stereocenters. The number of benzene rings is 2. The molecule has 0 radical (unpaired) electrons. The third-order valence-electron chi connectivity index (χ3n) is 3.61. The average Bonchev–Trinajstić information content (AvgIpc) is 2.53. The quantitative estimate of drug-likeness (QED) is 0.689. The Bertz CT molecular complexity index is 670. The first-order chi connectivity index (χ1) is 10.3. The summed E-state index contributed by atoms with van der Waals surface area (Å²) in [6, 6.07) is 12.6. The fourth-order valence-corrected chi connectivity index (χ4v) is 2.56. The monoisotopic (exact) mass is 284 g/mol. The van der Waals surface area contributed by atoms with Crippen LogP contribution in [0.1, 0.15) is 17.5 Å². The lowest BCUT2D eigenvalue weighted by Crippen LogP contribution is -2.13. The number of anilines is 1. The van der Waals surface area contributed by atoms with Crippen LogP contribution in [-0.2, 0) is 13.0 Å². The number of nitro groups is 1. The number of aryl methyl sites for hydroxylation is 1. The van der Waals surface area contributed by atoms with Gasteiger partial charge in [0.15, 0.2) is 0 Å². The Balaban J connectivity index is 1.81. The van der Waals surface area contributed by atoms with E-state index in [9.17, 15) is 10.1 Å². The lowest BCUT2D eigenvalue weighted by atomic mass is 10.0. The van der Waals surface area contributed by atoms with Gasteiger partial charge in [0, 0.05) is 12.6 Å². The highest BCUT2D eigenvalue weighted by molar-refractivity contribution is 5.63. The minimum absolute atomic E-state index is 0.0928. The topological polar surface area (TPSA) is 64.4 Å². The highest BCUT2D eigenvalue weighted by Crippen LogP contribution is 2.33. The van der Waals surface area contributed by atoms with Crippen LogP contribution in [0.15, 0.2) is 42.5 Å². The largest absolute Gasteiger partial charge is 0.486 e. The zero-order valence-electron chi connectivity index (χ0n) is 11.5. The number of ether oxygens (including phenoxy) is 1. The number of rotatable bonds is 4. The first kappa shape index (κ1) is 13.4.